The minimum atomic E-state index is -8.18. The highest BCUT2D eigenvalue weighted by atomic mass is 19.4. The zero-order valence-electron chi connectivity index (χ0n) is 25.2. The Morgan fingerprint density at radius 2 is 0.298 bits per heavy atom. The average Bonchev–Trinajstić information content (AvgIpc) is 3.02. The van der Waals surface area contributed by atoms with Crippen LogP contribution in [0.1, 0.15) is 22.3 Å². The Bertz CT molecular complexity index is 1910. The molecule has 0 amide bonds. The fourth-order valence-electron chi connectivity index (χ4n) is 5.98. The number of halogens is 28. The van der Waals surface area contributed by atoms with Gasteiger partial charge in [-0.25, -0.2) is 70.2 Å². The Kier molecular flexibility index (Phi) is 10.6. The Morgan fingerprint density at radius 1 is 0.193 bits per heavy atom. The predicted molar refractivity (Wildman–Crippen MR) is 129 cm³/mol. The van der Waals surface area contributed by atoms with E-state index < -0.39 is 168 Å². The van der Waals surface area contributed by atoms with Crippen molar-refractivity contribution in [3.05, 3.63) is 115 Å². The summed E-state index contributed by atoms with van der Waals surface area (Å²) < 4.78 is 409. The molecule has 0 spiro atoms. The molecule has 0 radical (unpaired) electrons. The van der Waals surface area contributed by atoms with E-state index in [1.807, 2.05) is 0 Å². The molecule has 0 N–H and O–H groups in total. The Morgan fingerprint density at radius 3 is 0.386 bits per heavy atom. The van der Waals surface area contributed by atoms with Gasteiger partial charge in [0.25, 0.3) is 0 Å². The van der Waals surface area contributed by atoms with E-state index in [1.54, 1.807) is 0 Å². The minimum absolute atomic E-state index is 4.03. The highest BCUT2D eigenvalue weighted by molar-refractivity contribution is 7.20. The second kappa shape index (κ2) is 13.5. The molecule has 0 aliphatic heterocycles. The Hall–Kier alpha value is -5.02. The Labute approximate surface area is 291 Å². The quantitative estimate of drug-likeness (QED) is 0.109. The molecule has 4 aromatic carbocycles. The first-order valence-electron chi connectivity index (χ1n) is 13.4. The van der Waals surface area contributed by atoms with E-state index in [0.717, 1.165) is 0 Å². The average molecular weight is 879 g/mol. The van der Waals surface area contributed by atoms with Crippen molar-refractivity contribution in [3.8, 4) is 0 Å². The lowest BCUT2D eigenvalue weighted by atomic mass is 9.12. The second-order valence-electron chi connectivity index (χ2n) is 11.0. The van der Waals surface area contributed by atoms with Gasteiger partial charge in [0.05, 0.1) is 0 Å². The summed E-state index contributed by atoms with van der Waals surface area (Å²) in [5.41, 5.74) is -33.4. The number of alkyl halides is 12. The lowest BCUT2D eigenvalue weighted by Crippen LogP contribution is -2.81. The maximum absolute atomic E-state index is 15.9. The molecule has 0 aromatic heterocycles. The smallest absolute Gasteiger partial charge is 0.207 e. The van der Waals surface area contributed by atoms with Crippen molar-refractivity contribution in [1.29, 1.82) is 0 Å². The summed E-state index contributed by atoms with van der Waals surface area (Å²) in [6.07, 6.45) is -35.7. The lowest BCUT2D eigenvalue weighted by molar-refractivity contribution is -0.144. The molecule has 0 fully saturated rings. The van der Waals surface area contributed by atoms with Gasteiger partial charge >= 0.3 is 24.7 Å². The standard InChI is InChI=1S/C28BF28/c30-9-1(25(46,47)48)10(31)18(39)5(17(9)38)29(6-19(40)11(32)2(26(49,50)51)12(33)20(6)41,7-21(42)13(34)3(27(52,53)54)14(35)22(7)43)8-23(44)15(36)4(28(55,56)57)16(37)24(8)45/q-1. The molecular formula is C28BF28-. The number of hydrogen-bond donors (Lipinski definition) is 0. The van der Waals surface area contributed by atoms with Gasteiger partial charge in [0.2, 0.25) is 0 Å². The largest absolute Gasteiger partial charge is 0.422 e. The molecule has 312 valence electrons. The van der Waals surface area contributed by atoms with Gasteiger partial charge in [-0.05, 0) is 0 Å². The monoisotopic (exact) mass is 879 g/mol. The summed E-state index contributed by atoms with van der Waals surface area (Å²) in [5, 5.41) is 0. The van der Waals surface area contributed by atoms with Crippen molar-refractivity contribution in [2.24, 2.45) is 0 Å². The summed E-state index contributed by atoms with van der Waals surface area (Å²) in [6, 6.07) is 0. The van der Waals surface area contributed by atoms with Crippen molar-refractivity contribution in [3.63, 3.8) is 0 Å². The summed E-state index contributed by atoms with van der Waals surface area (Å²) in [6.45, 7) is 0. The van der Waals surface area contributed by atoms with Gasteiger partial charge in [-0.3, -0.25) is 0 Å². The van der Waals surface area contributed by atoms with Crippen LogP contribution in [0.4, 0.5) is 123 Å². The molecule has 0 atom stereocenters. The minimum Gasteiger partial charge on any atom is -0.207 e. The first kappa shape index (κ1) is 44.7. The van der Waals surface area contributed by atoms with E-state index in [9.17, 15) is 52.7 Å². The van der Waals surface area contributed by atoms with Crippen LogP contribution in [0.25, 0.3) is 0 Å². The summed E-state index contributed by atoms with van der Waals surface area (Å²) in [7, 11) is 0. The van der Waals surface area contributed by atoms with Gasteiger partial charge in [0.15, 0.2) is 46.5 Å². The summed E-state index contributed by atoms with van der Waals surface area (Å²) in [4.78, 5) is 0. The molecule has 0 nitrogen and oxygen atoms in total. The maximum atomic E-state index is 15.9. The zero-order chi connectivity index (χ0) is 44.4. The van der Waals surface area contributed by atoms with E-state index in [2.05, 4.69) is 0 Å². The van der Waals surface area contributed by atoms with Crippen LogP contribution >= 0.6 is 0 Å². The van der Waals surface area contributed by atoms with E-state index in [1.165, 1.54) is 0 Å². The molecule has 0 saturated carbocycles. The molecule has 4 aromatic rings. The fraction of sp³-hybridized carbons (Fsp3) is 0.143. The Balaban J connectivity index is 2.76. The topological polar surface area (TPSA) is 0 Å². The number of rotatable bonds is 4. The molecule has 0 heterocycles. The molecule has 4 rings (SSSR count). The van der Waals surface area contributed by atoms with Gasteiger partial charge < -0.3 is 0 Å². The molecule has 57 heavy (non-hydrogen) atoms. The molecule has 0 aliphatic rings. The van der Waals surface area contributed by atoms with E-state index in [4.69, 9.17) is 0 Å². The normalized spacial score (nSPS) is 13.3. The van der Waals surface area contributed by atoms with Gasteiger partial charge in [0, 0.05) is 0 Å². The number of hydrogen-bond acceptors (Lipinski definition) is 0. The van der Waals surface area contributed by atoms with Crippen molar-refractivity contribution >= 4 is 28.0 Å². The van der Waals surface area contributed by atoms with Crippen LogP contribution < -0.4 is 21.9 Å². The van der Waals surface area contributed by atoms with Crippen molar-refractivity contribution < 1.29 is 123 Å². The van der Waals surface area contributed by atoms with E-state index >= 15 is 70.2 Å². The third-order valence-corrected chi connectivity index (χ3v) is 8.06. The first-order chi connectivity index (χ1) is 25.5. The molecule has 0 aliphatic carbocycles. The summed E-state index contributed by atoms with van der Waals surface area (Å²) in [5.74, 6) is -69.9. The van der Waals surface area contributed by atoms with Crippen LogP contribution in [-0.2, 0) is 24.7 Å². The van der Waals surface area contributed by atoms with Crippen LogP contribution in [0.2, 0.25) is 0 Å². The van der Waals surface area contributed by atoms with Crippen LogP contribution in [0, 0.1) is 93.1 Å². The molecule has 0 bridgehead atoms. The highest BCUT2D eigenvalue weighted by Gasteiger charge is 2.56. The molecule has 0 saturated heterocycles. The van der Waals surface area contributed by atoms with Crippen molar-refractivity contribution in [2.75, 3.05) is 0 Å². The molecular weight excluding hydrogens is 879 g/mol. The second-order valence-corrected chi connectivity index (χ2v) is 11.0. The maximum Gasteiger partial charge on any atom is 0.422 e. The lowest BCUT2D eigenvalue weighted by Gasteiger charge is -2.45. The fourth-order valence-corrected chi connectivity index (χ4v) is 5.98. The van der Waals surface area contributed by atoms with Crippen LogP contribution in [0.15, 0.2) is 0 Å². The highest BCUT2D eigenvalue weighted by Crippen LogP contribution is 2.42. The SMILES string of the molecule is Fc1c(F)c(C(F)(F)F)c(F)c(F)c1[B-](c1c(F)c(F)c(C(F)(F)F)c(F)c1F)(c1c(F)c(F)c(C(F)(F)F)c(F)c1F)c1c(F)c(F)c(C(F)(F)F)c(F)c1F. The van der Waals surface area contributed by atoms with Crippen LogP contribution in [-0.4, -0.2) is 6.15 Å². The van der Waals surface area contributed by atoms with Gasteiger partial charge in [-0.2, -0.15) is 52.7 Å². The van der Waals surface area contributed by atoms with Crippen molar-refractivity contribution in [1.82, 2.24) is 0 Å². The summed E-state index contributed by atoms with van der Waals surface area (Å²) >= 11 is 0. The van der Waals surface area contributed by atoms with Crippen LogP contribution in [0.3, 0.4) is 0 Å². The van der Waals surface area contributed by atoms with Gasteiger partial charge in [-0.1, -0.05) is 0 Å². The molecule has 29 heteroatoms. The first-order valence-corrected chi connectivity index (χ1v) is 13.4. The van der Waals surface area contributed by atoms with E-state index in [0.29, 0.717) is 0 Å². The van der Waals surface area contributed by atoms with Gasteiger partial charge in [-0.15, -0.1) is 21.9 Å². The van der Waals surface area contributed by atoms with E-state index in [-0.39, 0.29) is 0 Å². The van der Waals surface area contributed by atoms with Crippen molar-refractivity contribution in [2.45, 2.75) is 24.7 Å². The number of benzene rings is 4. The zero-order valence-corrected chi connectivity index (χ0v) is 25.2. The third-order valence-electron chi connectivity index (χ3n) is 8.06. The molecule has 0 unspecified atom stereocenters. The predicted octanol–water partition coefficient (Wildman–Crippen LogP) is 9.36. The van der Waals surface area contributed by atoms with Gasteiger partial charge in [0.1, 0.15) is 74.9 Å². The van der Waals surface area contributed by atoms with Crippen LogP contribution in [0.5, 0.6) is 0 Å². The third kappa shape index (κ3) is 6.33.